The van der Waals surface area contributed by atoms with Crippen LogP contribution in [-0.4, -0.2) is 6.54 Å². The molecular formula is C15H23N. The smallest absolute Gasteiger partial charge is 0.0356 e. The van der Waals surface area contributed by atoms with Gasteiger partial charge in [0.2, 0.25) is 0 Å². The summed E-state index contributed by atoms with van der Waals surface area (Å²) in [5.41, 5.74) is 3.42. The van der Waals surface area contributed by atoms with Crippen LogP contribution in [0.5, 0.6) is 0 Å². The van der Waals surface area contributed by atoms with Crippen molar-refractivity contribution in [1.82, 2.24) is 5.32 Å². The number of nitrogens with one attached hydrogen (secondary N) is 1. The second-order valence-corrected chi connectivity index (χ2v) is 5.69. The van der Waals surface area contributed by atoms with Crippen LogP contribution in [0.4, 0.5) is 0 Å². The van der Waals surface area contributed by atoms with Gasteiger partial charge >= 0.3 is 0 Å². The molecule has 1 aromatic rings. The summed E-state index contributed by atoms with van der Waals surface area (Å²) < 4.78 is 0. The fourth-order valence-corrected chi connectivity index (χ4v) is 2.70. The molecule has 2 atom stereocenters. The van der Waals surface area contributed by atoms with Gasteiger partial charge < -0.3 is 5.32 Å². The zero-order chi connectivity index (χ0) is 11.8. The molecule has 0 bridgehead atoms. The Hall–Kier alpha value is -0.820. The Morgan fingerprint density at radius 2 is 2.00 bits per heavy atom. The topological polar surface area (TPSA) is 12.0 Å². The highest BCUT2D eigenvalue weighted by Crippen LogP contribution is 2.57. The molecule has 1 heteroatoms. The molecule has 1 nitrogen and oxygen atoms in total. The van der Waals surface area contributed by atoms with Crippen molar-refractivity contribution in [2.75, 3.05) is 6.54 Å². The Labute approximate surface area is 99.3 Å². The summed E-state index contributed by atoms with van der Waals surface area (Å²) in [4.78, 5) is 0. The number of rotatable bonds is 4. The van der Waals surface area contributed by atoms with E-state index in [9.17, 15) is 0 Å². The number of hydrogen-bond donors (Lipinski definition) is 1. The van der Waals surface area contributed by atoms with E-state index in [0.717, 1.165) is 12.5 Å². The SMILES string of the molecule is CCNC(c1ccccc1C)C1CC1(C)C. The Morgan fingerprint density at radius 3 is 2.50 bits per heavy atom. The van der Waals surface area contributed by atoms with Crippen LogP contribution < -0.4 is 5.32 Å². The van der Waals surface area contributed by atoms with Gasteiger partial charge in [0.05, 0.1) is 0 Å². The maximum atomic E-state index is 3.66. The van der Waals surface area contributed by atoms with Crippen LogP contribution in [-0.2, 0) is 0 Å². The highest BCUT2D eigenvalue weighted by atomic mass is 14.9. The minimum atomic E-state index is 0.523. The van der Waals surface area contributed by atoms with Gasteiger partial charge in [-0.1, -0.05) is 45.0 Å². The first-order valence-corrected chi connectivity index (χ1v) is 6.35. The van der Waals surface area contributed by atoms with Gasteiger partial charge in [-0.3, -0.25) is 0 Å². The van der Waals surface area contributed by atoms with Crippen LogP contribution in [0.3, 0.4) is 0 Å². The lowest BCUT2D eigenvalue weighted by atomic mass is 9.94. The van der Waals surface area contributed by atoms with E-state index in [1.165, 1.54) is 17.5 Å². The highest BCUT2D eigenvalue weighted by Gasteiger charge is 2.50. The van der Waals surface area contributed by atoms with E-state index in [-0.39, 0.29) is 0 Å². The van der Waals surface area contributed by atoms with E-state index in [1.807, 2.05) is 0 Å². The first-order chi connectivity index (χ1) is 7.56. The molecule has 0 radical (unpaired) electrons. The van der Waals surface area contributed by atoms with Gasteiger partial charge in [0.25, 0.3) is 0 Å². The minimum Gasteiger partial charge on any atom is -0.310 e. The number of aryl methyl sites for hydroxylation is 1. The monoisotopic (exact) mass is 217 g/mol. The quantitative estimate of drug-likeness (QED) is 0.811. The lowest BCUT2D eigenvalue weighted by Gasteiger charge is -2.22. The predicted molar refractivity (Wildman–Crippen MR) is 69.5 cm³/mol. The molecule has 0 saturated heterocycles. The van der Waals surface area contributed by atoms with Crippen LogP contribution in [0.2, 0.25) is 0 Å². The van der Waals surface area contributed by atoms with Crippen molar-refractivity contribution in [3.8, 4) is 0 Å². The first-order valence-electron chi connectivity index (χ1n) is 6.35. The van der Waals surface area contributed by atoms with Crippen molar-refractivity contribution in [1.29, 1.82) is 0 Å². The summed E-state index contributed by atoms with van der Waals surface area (Å²) >= 11 is 0. The predicted octanol–water partition coefficient (Wildman–Crippen LogP) is 3.69. The van der Waals surface area contributed by atoms with Crippen LogP contribution in [0, 0.1) is 18.3 Å². The van der Waals surface area contributed by atoms with E-state index in [0.29, 0.717) is 11.5 Å². The fraction of sp³-hybridized carbons (Fsp3) is 0.600. The standard InChI is InChI=1S/C15H23N/c1-5-16-14(13-10-15(13,3)4)12-9-7-6-8-11(12)2/h6-9,13-14,16H,5,10H2,1-4H3. The first kappa shape index (κ1) is 11.7. The molecule has 1 N–H and O–H groups in total. The number of benzene rings is 1. The van der Waals surface area contributed by atoms with Gasteiger partial charge in [-0.2, -0.15) is 0 Å². The molecule has 0 spiro atoms. The average molecular weight is 217 g/mol. The maximum absolute atomic E-state index is 3.66. The molecule has 0 amide bonds. The van der Waals surface area contributed by atoms with Gasteiger partial charge in [-0.25, -0.2) is 0 Å². The van der Waals surface area contributed by atoms with Crippen molar-refractivity contribution < 1.29 is 0 Å². The Morgan fingerprint density at radius 1 is 1.38 bits per heavy atom. The second-order valence-electron chi connectivity index (χ2n) is 5.69. The minimum absolute atomic E-state index is 0.523. The molecule has 1 aliphatic rings. The summed E-state index contributed by atoms with van der Waals surface area (Å²) in [7, 11) is 0. The van der Waals surface area contributed by atoms with Gasteiger partial charge in [-0.05, 0) is 42.3 Å². The van der Waals surface area contributed by atoms with Crippen LogP contribution >= 0.6 is 0 Å². The molecule has 1 saturated carbocycles. The zero-order valence-electron chi connectivity index (χ0n) is 10.9. The fourth-order valence-electron chi connectivity index (χ4n) is 2.70. The Kier molecular flexibility index (Phi) is 3.07. The third kappa shape index (κ3) is 2.15. The summed E-state index contributed by atoms with van der Waals surface area (Å²) in [6, 6.07) is 9.31. The van der Waals surface area contributed by atoms with E-state index >= 15 is 0 Å². The lowest BCUT2D eigenvalue weighted by molar-refractivity contribution is 0.422. The number of hydrogen-bond acceptors (Lipinski definition) is 1. The summed E-state index contributed by atoms with van der Waals surface area (Å²) in [6.45, 7) is 10.2. The van der Waals surface area contributed by atoms with Crippen LogP contribution in [0.1, 0.15) is 44.4 Å². The van der Waals surface area contributed by atoms with Crippen molar-refractivity contribution in [3.63, 3.8) is 0 Å². The molecule has 0 aliphatic heterocycles. The molecule has 1 fully saturated rings. The molecule has 1 aromatic carbocycles. The molecule has 2 unspecified atom stereocenters. The van der Waals surface area contributed by atoms with E-state index in [2.05, 4.69) is 57.3 Å². The Bertz CT molecular complexity index is 367. The normalized spacial score (nSPS) is 24.1. The molecule has 88 valence electrons. The van der Waals surface area contributed by atoms with E-state index in [4.69, 9.17) is 0 Å². The van der Waals surface area contributed by atoms with E-state index < -0.39 is 0 Å². The average Bonchev–Trinajstić information content (AvgIpc) is 2.85. The summed E-state index contributed by atoms with van der Waals surface area (Å²) in [6.07, 6.45) is 1.35. The largest absolute Gasteiger partial charge is 0.310 e. The van der Waals surface area contributed by atoms with Crippen molar-refractivity contribution in [2.24, 2.45) is 11.3 Å². The van der Waals surface area contributed by atoms with Gasteiger partial charge in [-0.15, -0.1) is 0 Å². The molecule has 1 aliphatic carbocycles. The molecule has 0 heterocycles. The van der Waals surface area contributed by atoms with Crippen LogP contribution in [0.25, 0.3) is 0 Å². The summed E-state index contributed by atoms with van der Waals surface area (Å²) in [5.74, 6) is 0.800. The van der Waals surface area contributed by atoms with Crippen molar-refractivity contribution in [3.05, 3.63) is 35.4 Å². The van der Waals surface area contributed by atoms with E-state index in [1.54, 1.807) is 0 Å². The van der Waals surface area contributed by atoms with Crippen LogP contribution in [0.15, 0.2) is 24.3 Å². The lowest BCUT2D eigenvalue weighted by Crippen LogP contribution is -2.25. The van der Waals surface area contributed by atoms with Crippen molar-refractivity contribution in [2.45, 2.75) is 40.2 Å². The molecule has 2 rings (SSSR count). The Balaban J connectivity index is 2.24. The van der Waals surface area contributed by atoms with Gasteiger partial charge in [0.1, 0.15) is 0 Å². The molecule has 16 heavy (non-hydrogen) atoms. The molecule has 0 aromatic heterocycles. The summed E-state index contributed by atoms with van der Waals surface area (Å²) in [5, 5.41) is 3.66. The van der Waals surface area contributed by atoms with Gasteiger partial charge in [0.15, 0.2) is 0 Å². The third-order valence-electron chi connectivity index (χ3n) is 3.94. The highest BCUT2D eigenvalue weighted by molar-refractivity contribution is 5.31. The maximum Gasteiger partial charge on any atom is 0.0356 e. The zero-order valence-corrected chi connectivity index (χ0v) is 10.9. The van der Waals surface area contributed by atoms with Crippen molar-refractivity contribution >= 4 is 0 Å². The third-order valence-corrected chi connectivity index (χ3v) is 3.94. The molecular weight excluding hydrogens is 194 g/mol. The van der Waals surface area contributed by atoms with Gasteiger partial charge in [0, 0.05) is 6.04 Å². The second kappa shape index (κ2) is 4.21.